The van der Waals surface area contributed by atoms with Crippen LogP contribution in [0.5, 0.6) is 0 Å². The fourth-order valence-corrected chi connectivity index (χ4v) is 3.23. The highest BCUT2D eigenvalue weighted by Crippen LogP contribution is 2.18. The molecule has 0 spiro atoms. The molecule has 0 saturated heterocycles. The second-order valence-electron chi connectivity index (χ2n) is 6.72. The van der Waals surface area contributed by atoms with Crippen LogP contribution in [-0.4, -0.2) is 27.3 Å². The Balaban J connectivity index is 2.28. The van der Waals surface area contributed by atoms with E-state index in [4.69, 9.17) is 0 Å². The van der Waals surface area contributed by atoms with Crippen molar-refractivity contribution in [3.63, 3.8) is 0 Å². The average Bonchev–Trinajstić information content (AvgIpc) is 2.59. The standard InChI is InChI=1S/C19H27N3O2S/c1-5-14(4)20-17(23)12-25-19-21-16-9-7-6-8-15(16)18(24)22(19)11-10-13(2)3/h6-9,13-14H,5,10-12H2,1-4H3,(H,20,23)/t14-/m0/s1. The lowest BCUT2D eigenvalue weighted by atomic mass is 10.1. The number of carbonyl (C=O) groups excluding carboxylic acids is 1. The van der Waals surface area contributed by atoms with E-state index in [2.05, 4.69) is 24.1 Å². The van der Waals surface area contributed by atoms with E-state index in [0.717, 1.165) is 12.8 Å². The van der Waals surface area contributed by atoms with E-state index in [9.17, 15) is 9.59 Å². The molecular formula is C19H27N3O2S. The summed E-state index contributed by atoms with van der Waals surface area (Å²) >= 11 is 1.33. The number of rotatable bonds is 8. The van der Waals surface area contributed by atoms with Gasteiger partial charge in [0, 0.05) is 12.6 Å². The van der Waals surface area contributed by atoms with Crippen LogP contribution in [0.3, 0.4) is 0 Å². The molecule has 0 saturated carbocycles. The van der Waals surface area contributed by atoms with Gasteiger partial charge in [-0.3, -0.25) is 14.2 Å². The third kappa shape index (κ3) is 5.33. The Morgan fingerprint density at radius 3 is 2.68 bits per heavy atom. The summed E-state index contributed by atoms with van der Waals surface area (Å²) in [7, 11) is 0. The largest absolute Gasteiger partial charge is 0.353 e. The molecule has 2 rings (SSSR count). The Morgan fingerprint density at radius 2 is 2.00 bits per heavy atom. The first kappa shape index (κ1) is 19.5. The van der Waals surface area contributed by atoms with Crippen molar-refractivity contribution in [2.75, 3.05) is 5.75 Å². The van der Waals surface area contributed by atoms with Crippen molar-refractivity contribution in [2.24, 2.45) is 5.92 Å². The minimum absolute atomic E-state index is 0.0304. The second-order valence-corrected chi connectivity index (χ2v) is 7.66. The molecule has 1 aromatic carbocycles. The van der Waals surface area contributed by atoms with E-state index in [-0.39, 0.29) is 23.3 Å². The molecule has 136 valence electrons. The van der Waals surface area contributed by atoms with Gasteiger partial charge in [0.15, 0.2) is 5.16 Å². The number of carbonyl (C=O) groups is 1. The molecule has 1 amide bonds. The maximum absolute atomic E-state index is 12.8. The lowest BCUT2D eigenvalue weighted by Gasteiger charge is -2.15. The summed E-state index contributed by atoms with van der Waals surface area (Å²) in [4.78, 5) is 29.5. The molecule has 25 heavy (non-hydrogen) atoms. The van der Waals surface area contributed by atoms with Crippen LogP contribution in [0.15, 0.2) is 34.2 Å². The van der Waals surface area contributed by atoms with Gasteiger partial charge in [-0.25, -0.2) is 4.98 Å². The molecule has 2 aromatic rings. The summed E-state index contributed by atoms with van der Waals surface area (Å²) in [5, 5.41) is 4.19. The molecule has 0 bridgehead atoms. The first-order valence-corrected chi connectivity index (χ1v) is 9.82. The van der Waals surface area contributed by atoms with Crippen molar-refractivity contribution in [3.05, 3.63) is 34.6 Å². The van der Waals surface area contributed by atoms with Gasteiger partial charge in [0.05, 0.1) is 16.7 Å². The maximum Gasteiger partial charge on any atom is 0.262 e. The number of aromatic nitrogens is 2. The summed E-state index contributed by atoms with van der Waals surface area (Å²) in [5.41, 5.74) is 0.647. The monoisotopic (exact) mass is 361 g/mol. The number of benzene rings is 1. The van der Waals surface area contributed by atoms with Crippen molar-refractivity contribution in [3.8, 4) is 0 Å². The van der Waals surface area contributed by atoms with Crippen molar-refractivity contribution >= 4 is 28.6 Å². The van der Waals surface area contributed by atoms with E-state index in [0.29, 0.717) is 28.5 Å². The smallest absolute Gasteiger partial charge is 0.262 e. The number of amides is 1. The minimum atomic E-state index is -0.0314. The molecule has 0 aliphatic heterocycles. The molecule has 0 aliphatic rings. The van der Waals surface area contributed by atoms with Crippen LogP contribution in [0.25, 0.3) is 10.9 Å². The molecule has 1 N–H and O–H groups in total. The molecule has 5 nitrogen and oxygen atoms in total. The van der Waals surface area contributed by atoms with Crippen LogP contribution in [0.2, 0.25) is 0 Å². The van der Waals surface area contributed by atoms with E-state index < -0.39 is 0 Å². The Kier molecular flexibility index (Phi) is 7.05. The minimum Gasteiger partial charge on any atom is -0.353 e. The first-order chi connectivity index (χ1) is 11.9. The fraction of sp³-hybridized carbons (Fsp3) is 0.526. The van der Waals surface area contributed by atoms with Gasteiger partial charge in [0.1, 0.15) is 0 Å². The summed E-state index contributed by atoms with van der Waals surface area (Å²) in [5.74, 6) is 0.721. The van der Waals surface area contributed by atoms with E-state index in [1.54, 1.807) is 10.6 Å². The maximum atomic E-state index is 12.8. The van der Waals surface area contributed by atoms with Crippen LogP contribution in [0.1, 0.15) is 40.5 Å². The van der Waals surface area contributed by atoms with Crippen LogP contribution >= 0.6 is 11.8 Å². The molecule has 0 unspecified atom stereocenters. The third-order valence-electron chi connectivity index (χ3n) is 4.11. The zero-order chi connectivity index (χ0) is 18.4. The number of thioether (sulfide) groups is 1. The number of hydrogen-bond acceptors (Lipinski definition) is 4. The van der Waals surface area contributed by atoms with Crippen LogP contribution in [0.4, 0.5) is 0 Å². The van der Waals surface area contributed by atoms with Gasteiger partial charge in [-0.05, 0) is 37.8 Å². The predicted molar refractivity (Wildman–Crippen MR) is 104 cm³/mol. The van der Waals surface area contributed by atoms with Gasteiger partial charge < -0.3 is 5.32 Å². The van der Waals surface area contributed by atoms with Crippen LogP contribution in [0, 0.1) is 5.92 Å². The van der Waals surface area contributed by atoms with Gasteiger partial charge in [-0.1, -0.05) is 44.7 Å². The van der Waals surface area contributed by atoms with Gasteiger partial charge in [-0.2, -0.15) is 0 Å². The topological polar surface area (TPSA) is 64.0 Å². The van der Waals surface area contributed by atoms with Gasteiger partial charge in [-0.15, -0.1) is 0 Å². The van der Waals surface area contributed by atoms with Crippen LogP contribution < -0.4 is 10.9 Å². The molecule has 1 heterocycles. The van der Waals surface area contributed by atoms with Crippen molar-refractivity contribution in [2.45, 2.75) is 58.3 Å². The number of nitrogens with one attached hydrogen (secondary N) is 1. The Bertz CT molecular complexity index is 786. The molecule has 0 fully saturated rings. The number of fused-ring (bicyclic) bond motifs is 1. The summed E-state index contributed by atoms with van der Waals surface area (Å²) in [6, 6.07) is 7.52. The average molecular weight is 362 g/mol. The summed E-state index contributed by atoms with van der Waals surface area (Å²) in [6.45, 7) is 8.89. The van der Waals surface area contributed by atoms with E-state index >= 15 is 0 Å². The van der Waals surface area contributed by atoms with E-state index in [1.165, 1.54) is 11.8 Å². The fourth-order valence-electron chi connectivity index (χ4n) is 2.39. The number of nitrogens with zero attached hydrogens (tertiary/aromatic N) is 2. The highest BCUT2D eigenvalue weighted by atomic mass is 32.2. The highest BCUT2D eigenvalue weighted by molar-refractivity contribution is 7.99. The van der Waals surface area contributed by atoms with Gasteiger partial charge in [0.25, 0.3) is 5.56 Å². The Morgan fingerprint density at radius 1 is 1.28 bits per heavy atom. The van der Waals surface area contributed by atoms with Crippen molar-refractivity contribution < 1.29 is 4.79 Å². The lowest BCUT2D eigenvalue weighted by molar-refractivity contribution is -0.119. The zero-order valence-electron chi connectivity index (χ0n) is 15.4. The summed E-state index contributed by atoms with van der Waals surface area (Å²) in [6.07, 6.45) is 1.79. The predicted octanol–water partition coefficient (Wildman–Crippen LogP) is 3.45. The quantitative estimate of drug-likeness (QED) is 0.578. The normalized spacial score (nSPS) is 12.5. The SMILES string of the molecule is CC[C@H](C)NC(=O)CSc1nc2ccccc2c(=O)n1CCC(C)C. The lowest BCUT2D eigenvalue weighted by Crippen LogP contribution is -2.33. The summed E-state index contributed by atoms with van der Waals surface area (Å²) < 4.78 is 1.71. The molecular weight excluding hydrogens is 334 g/mol. The number of hydrogen-bond donors (Lipinski definition) is 1. The third-order valence-corrected chi connectivity index (χ3v) is 5.09. The molecule has 1 aromatic heterocycles. The number of para-hydroxylation sites is 1. The zero-order valence-corrected chi connectivity index (χ0v) is 16.2. The first-order valence-electron chi connectivity index (χ1n) is 8.84. The van der Waals surface area contributed by atoms with E-state index in [1.807, 2.05) is 32.0 Å². The molecule has 0 radical (unpaired) electrons. The van der Waals surface area contributed by atoms with Crippen LogP contribution in [-0.2, 0) is 11.3 Å². The molecule has 0 aliphatic carbocycles. The Labute approximate surface area is 153 Å². The van der Waals surface area contributed by atoms with Gasteiger partial charge >= 0.3 is 0 Å². The molecule has 6 heteroatoms. The second kappa shape index (κ2) is 9.04. The van der Waals surface area contributed by atoms with Crippen molar-refractivity contribution in [1.29, 1.82) is 0 Å². The molecule has 1 atom stereocenters. The Hall–Kier alpha value is -1.82. The van der Waals surface area contributed by atoms with Crippen molar-refractivity contribution in [1.82, 2.24) is 14.9 Å². The highest BCUT2D eigenvalue weighted by Gasteiger charge is 2.14. The van der Waals surface area contributed by atoms with Gasteiger partial charge in [0.2, 0.25) is 5.91 Å².